The molecule has 1 amide bonds. The van der Waals surface area contributed by atoms with Gasteiger partial charge in [0, 0.05) is 12.1 Å². The molecule has 2 rings (SSSR count). The average molecular weight is 403 g/mol. The van der Waals surface area contributed by atoms with Crippen LogP contribution in [0.25, 0.3) is 0 Å². The number of nitrogens with one attached hydrogen (secondary N) is 1. The number of hydrogen-bond acceptors (Lipinski definition) is 3. The monoisotopic (exact) mass is 403 g/mol. The van der Waals surface area contributed by atoms with E-state index in [2.05, 4.69) is 5.32 Å². The quantitative estimate of drug-likeness (QED) is 0.772. The zero-order valence-electron chi connectivity index (χ0n) is 14.5. The summed E-state index contributed by atoms with van der Waals surface area (Å²) in [6, 6.07) is 8.08. The van der Waals surface area contributed by atoms with Gasteiger partial charge in [-0.2, -0.15) is 13.2 Å². The minimum absolute atomic E-state index is 0.128. The molecule has 0 spiro atoms. The van der Waals surface area contributed by atoms with Gasteiger partial charge in [-0.05, 0) is 56.3 Å². The topological polar surface area (TPSA) is 63.2 Å². The van der Waals surface area contributed by atoms with Crippen molar-refractivity contribution in [3.8, 4) is 0 Å². The van der Waals surface area contributed by atoms with Crippen LogP contribution in [0.4, 0.5) is 17.6 Å². The summed E-state index contributed by atoms with van der Waals surface area (Å²) in [5, 5.41) is 2.42. The zero-order chi connectivity index (χ0) is 20.5. The van der Waals surface area contributed by atoms with Gasteiger partial charge in [-0.1, -0.05) is 6.07 Å². The van der Waals surface area contributed by atoms with E-state index in [4.69, 9.17) is 0 Å². The predicted molar refractivity (Wildman–Crippen MR) is 91.4 cm³/mol. The molecule has 0 aliphatic heterocycles. The Morgan fingerprint density at radius 1 is 1.04 bits per heavy atom. The summed E-state index contributed by atoms with van der Waals surface area (Å²) in [5.41, 5.74) is -0.946. The molecular formula is C18H17F4NO3S. The Morgan fingerprint density at radius 3 is 2.19 bits per heavy atom. The molecule has 0 saturated heterocycles. The highest BCUT2D eigenvalue weighted by Crippen LogP contribution is 2.33. The summed E-state index contributed by atoms with van der Waals surface area (Å²) in [7, 11) is -4.18. The van der Waals surface area contributed by atoms with Gasteiger partial charge >= 0.3 is 6.18 Å². The van der Waals surface area contributed by atoms with Gasteiger partial charge in [0.05, 0.1) is 15.2 Å². The van der Waals surface area contributed by atoms with E-state index in [1.807, 2.05) is 0 Å². The Labute approximate surface area is 154 Å². The molecule has 0 unspecified atom stereocenters. The Hall–Kier alpha value is -2.42. The van der Waals surface area contributed by atoms with Crippen molar-refractivity contribution in [2.24, 2.45) is 0 Å². The molecule has 2 aromatic carbocycles. The number of benzene rings is 2. The summed E-state index contributed by atoms with van der Waals surface area (Å²) in [6.07, 6.45) is -4.67. The van der Waals surface area contributed by atoms with Gasteiger partial charge in [0.15, 0.2) is 9.84 Å². The fraction of sp³-hybridized carbons (Fsp3) is 0.278. The van der Waals surface area contributed by atoms with Crippen molar-refractivity contribution in [3.63, 3.8) is 0 Å². The van der Waals surface area contributed by atoms with E-state index in [1.165, 1.54) is 26.0 Å². The van der Waals surface area contributed by atoms with E-state index in [0.29, 0.717) is 6.07 Å². The Bertz CT molecular complexity index is 936. The summed E-state index contributed by atoms with van der Waals surface area (Å²) in [4.78, 5) is 11.6. The fourth-order valence-corrected chi connectivity index (χ4v) is 3.69. The normalized spacial score (nSPS) is 12.7. The lowest BCUT2D eigenvalue weighted by atomic mass is 10.1. The van der Waals surface area contributed by atoms with E-state index in [9.17, 15) is 30.8 Å². The number of alkyl halides is 3. The lowest BCUT2D eigenvalue weighted by Crippen LogP contribution is -2.44. The molecule has 0 bridgehead atoms. The van der Waals surface area contributed by atoms with E-state index < -0.39 is 42.9 Å². The number of hydrogen-bond donors (Lipinski definition) is 1. The van der Waals surface area contributed by atoms with Gasteiger partial charge in [0.25, 0.3) is 5.91 Å². The number of amides is 1. The SMILES string of the molecule is CC(C)(CNC(=O)c1ccc(F)cc1)S(=O)(=O)c1cccc(C(F)(F)F)c1. The lowest BCUT2D eigenvalue weighted by molar-refractivity contribution is -0.137. The molecule has 0 aliphatic carbocycles. The predicted octanol–water partition coefficient (Wildman–Crippen LogP) is 3.83. The third-order valence-corrected chi connectivity index (χ3v) is 6.45. The van der Waals surface area contributed by atoms with Crippen molar-refractivity contribution in [3.05, 3.63) is 65.5 Å². The van der Waals surface area contributed by atoms with E-state index >= 15 is 0 Å². The highest BCUT2D eigenvalue weighted by atomic mass is 32.2. The summed E-state index contributed by atoms with van der Waals surface area (Å²) in [5.74, 6) is -1.15. The molecule has 0 aliphatic rings. The minimum atomic E-state index is -4.67. The second kappa shape index (κ2) is 7.30. The standard InChI is InChI=1S/C18H17F4NO3S/c1-17(2,11-23-16(24)12-6-8-14(19)9-7-12)27(25,26)15-5-3-4-13(10-15)18(20,21)22/h3-10H,11H2,1-2H3,(H,23,24). The molecule has 0 aromatic heterocycles. The van der Waals surface area contributed by atoms with E-state index in [-0.39, 0.29) is 12.1 Å². The molecule has 0 fully saturated rings. The minimum Gasteiger partial charge on any atom is -0.350 e. The number of rotatable bonds is 5. The smallest absolute Gasteiger partial charge is 0.350 e. The lowest BCUT2D eigenvalue weighted by Gasteiger charge is -2.25. The maximum Gasteiger partial charge on any atom is 0.416 e. The van der Waals surface area contributed by atoms with Crippen molar-refractivity contribution >= 4 is 15.7 Å². The van der Waals surface area contributed by atoms with Crippen molar-refractivity contribution in [2.45, 2.75) is 29.7 Å². The zero-order valence-corrected chi connectivity index (χ0v) is 15.3. The molecule has 1 N–H and O–H groups in total. The third-order valence-electron chi connectivity index (χ3n) is 3.98. The number of sulfone groups is 1. The van der Waals surface area contributed by atoms with Crippen LogP contribution in [0.1, 0.15) is 29.8 Å². The molecule has 4 nitrogen and oxygen atoms in total. The van der Waals surface area contributed by atoms with Gasteiger partial charge in [-0.15, -0.1) is 0 Å². The molecule has 0 saturated carbocycles. The number of halogens is 4. The number of carbonyl (C=O) groups excluding carboxylic acids is 1. The largest absolute Gasteiger partial charge is 0.416 e. The van der Waals surface area contributed by atoms with Crippen LogP contribution < -0.4 is 5.32 Å². The second-order valence-corrected chi connectivity index (χ2v) is 9.06. The van der Waals surface area contributed by atoms with Crippen molar-refractivity contribution < 1.29 is 30.8 Å². The summed E-state index contributed by atoms with van der Waals surface area (Å²) < 4.78 is 75.4. The van der Waals surface area contributed by atoms with Crippen LogP contribution in [0.2, 0.25) is 0 Å². The maximum atomic E-state index is 12.9. The molecule has 27 heavy (non-hydrogen) atoms. The molecule has 9 heteroatoms. The molecule has 2 aromatic rings. The van der Waals surface area contributed by atoms with Gasteiger partial charge in [0.1, 0.15) is 5.82 Å². The van der Waals surface area contributed by atoms with Gasteiger partial charge in [-0.25, -0.2) is 12.8 Å². The summed E-state index contributed by atoms with van der Waals surface area (Å²) in [6.45, 7) is 2.25. The molecule has 0 heterocycles. The van der Waals surface area contributed by atoms with Crippen molar-refractivity contribution in [1.82, 2.24) is 5.32 Å². The Morgan fingerprint density at radius 2 is 1.63 bits per heavy atom. The average Bonchev–Trinajstić information content (AvgIpc) is 2.59. The second-order valence-electron chi connectivity index (χ2n) is 6.48. The molecule has 0 atom stereocenters. The maximum absolute atomic E-state index is 12.9. The van der Waals surface area contributed by atoms with Crippen LogP contribution >= 0.6 is 0 Å². The van der Waals surface area contributed by atoms with Crippen LogP contribution in [-0.2, 0) is 16.0 Å². The van der Waals surface area contributed by atoms with E-state index in [1.54, 1.807) is 0 Å². The fourth-order valence-electron chi connectivity index (χ4n) is 2.25. The van der Waals surface area contributed by atoms with Crippen LogP contribution in [0.15, 0.2) is 53.4 Å². The highest BCUT2D eigenvalue weighted by molar-refractivity contribution is 7.92. The van der Waals surface area contributed by atoms with Crippen molar-refractivity contribution in [1.29, 1.82) is 0 Å². The van der Waals surface area contributed by atoms with Crippen molar-refractivity contribution in [2.75, 3.05) is 6.54 Å². The van der Waals surface area contributed by atoms with Gasteiger partial charge in [0.2, 0.25) is 0 Å². The van der Waals surface area contributed by atoms with Crippen LogP contribution in [0.3, 0.4) is 0 Å². The first-order valence-corrected chi connectivity index (χ1v) is 9.28. The van der Waals surface area contributed by atoms with E-state index in [0.717, 1.165) is 30.3 Å². The molecule has 146 valence electrons. The molecule has 0 radical (unpaired) electrons. The highest BCUT2D eigenvalue weighted by Gasteiger charge is 2.38. The Kier molecular flexibility index (Phi) is 5.65. The van der Waals surface area contributed by atoms with Crippen LogP contribution in [0, 0.1) is 5.82 Å². The van der Waals surface area contributed by atoms with Crippen LogP contribution in [0.5, 0.6) is 0 Å². The first-order chi connectivity index (χ1) is 12.3. The first-order valence-electron chi connectivity index (χ1n) is 7.80. The first kappa shape index (κ1) is 20.9. The van der Waals surface area contributed by atoms with Gasteiger partial charge < -0.3 is 5.32 Å². The number of carbonyl (C=O) groups is 1. The third kappa shape index (κ3) is 4.65. The Balaban J connectivity index is 2.21. The van der Waals surface area contributed by atoms with Gasteiger partial charge in [-0.3, -0.25) is 4.79 Å². The summed E-state index contributed by atoms with van der Waals surface area (Å²) >= 11 is 0. The van der Waals surface area contributed by atoms with Crippen LogP contribution in [-0.4, -0.2) is 25.6 Å². The molecular weight excluding hydrogens is 386 g/mol.